The van der Waals surface area contributed by atoms with Crippen molar-refractivity contribution in [1.82, 2.24) is 4.98 Å². The van der Waals surface area contributed by atoms with Crippen molar-refractivity contribution in [1.29, 1.82) is 0 Å². The third-order valence-electron chi connectivity index (χ3n) is 3.49. The van der Waals surface area contributed by atoms with E-state index >= 15 is 0 Å². The van der Waals surface area contributed by atoms with Crippen LogP contribution in [0.25, 0.3) is 0 Å². The number of fused-ring (bicyclic) bond motifs is 1. The molecular weight excluding hydrogens is 252 g/mol. The molecule has 0 radical (unpaired) electrons. The minimum atomic E-state index is 0.0251. The van der Waals surface area contributed by atoms with Gasteiger partial charge in [-0.25, -0.2) is 4.98 Å². The van der Waals surface area contributed by atoms with Crippen molar-refractivity contribution in [2.45, 2.75) is 12.8 Å². The van der Waals surface area contributed by atoms with Crippen LogP contribution in [0.3, 0.4) is 0 Å². The Labute approximate surface area is 117 Å². The van der Waals surface area contributed by atoms with Gasteiger partial charge in [-0.1, -0.05) is 29.4 Å². The second kappa shape index (κ2) is 5.21. The lowest BCUT2D eigenvalue weighted by Crippen LogP contribution is -2.26. The Kier molecular flexibility index (Phi) is 3.25. The van der Waals surface area contributed by atoms with Crippen molar-refractivity contribution in [2.24, 2.45) is 10.9 Å². The summed E-state index contributed by atoms with van der Waals surface area (Å²) in [6, 6.07) is 13.9. The molecule has 0 unspecified atom stereocenters. The summed E-state index contributed by atoms with van der Waals surface area (Å²) in [5, 5.41) is 11.8. The monoisotopic (exact) mass is 268 g/mol. The summed E-state index contributed by atoms with van der Waals surface area (Å²) >= 11 is 0. The third-order valence-corrected chi connectivity index (χ3v) is 3.49. The summed E-state index contributed by atoms with van der Waals surface area (Å²) < 4.78 is 0. The van der Waals surface area contributed by atoms with Crippen LogP contribution in [0.4, 0.5) is 11.5 Å². The van der Waals surface area contributed by atoms with Gasteiger partial charge in [0.25, 0.3) is 0 Å². The largest absolute Gasteiger partial charge is 0.409 e. The summed E-state index contributed by atoms with van der Waals surface area (Å²) in [5.41, 5.74) is 8.60. The highest BCUT2D eigenvalue weighted by Crippen LogP contribution is 2.32. The molecular formula is C15H16N4O. The minimum Gasteiger partial charge on any atom is -0.409 e. The van der Waals surface area contributed by atoms with Gasteiger partial charge in [-0.3, -0.25) is 0 Å². The van der Waals surface area contributed by atoms with Gasteiger partial charge in [0.15, 0.2) is 5.84 Å². The standard InChI is InChI=1S/C15H16N4O/c16-15(18-20)12-7-3-9-14(17-12)19-10-4-6-11-5-1-2-8-13(11)19/h1-3,5,7-9,20H,4,6,10H2,(H2,16,18). The summed E-state index contributed by atoms with van der Waals surface area (Å²) in [6.07, 6.45) is 2.18. The minimum absolute atomic E-state index is 0.0251. The molecule has 1 aliphatic heterocycles. The van der Waals surface area contributed by atoms with Crippen LogP contribution in [0.2, 0.25) is 0 Å². The molecule has 0 saturated carbocycles. The van der Waals surface area contributed by atoms with Gasteiger partial charge >= 0.3 is 0 Å². The number of hydrogen-bond acceptors (Lipinski definition) is 4. The number of nitrogens with two attached hydrogens (primary N) is 1. The Bertz CT molecular complexity index is 654. The predicted octanol–water partition coefficient (Wildman–Crippen LogP) is 2.26. The molecule has 3 rings (SSSR count). The van der Waals surface area contributed by atoms with Crippen molar-refractivity contribution < 1.29 is 5.21 Å². The topological polar surface area (TPSA) is 74.7 Å². The molecule has 102 valence electrons. The fourth-order valence-electron chi connectivity index (χ4n) is 2.54. The summed E-state index contributed by atoms with van der Waals surface area (Å²) in [4.78, 5) is 6.65. The first-order valence-corrected chi connectivity index (χ1v) is 6.60. The highest BCUT2D eigenvalue weighted by Gasteiger charge is 2.19. The number of oxime groups is 1. The highest BCUT2D eigenvalue weighted by atomic mass is 16.4. The van der Waals surface area contributed by atoms with Crippen molar-refractivity contribution in [3.8, 4) is 0 Å². The highest BCUT2D eigenvalue weighted by molar-refractivity contribution is 5.95. The van der Waals surface area contributed by atoms with Gasteiger partial charge in [-0.05, 0) is 36.6 Å². The van der Waals surface area contributed by atoms with E-state index in [-0.39, 0.29) is 5.84 Å². The molecule has 5 heteroatoms. The van der Waals surface area contributed by atoms with E-state index < -0.39 is 0 Å². The summed E-state index contributed by atoms with van der Waals surface area (Å²) in [5.74, 6) is 0.846. The zero-order valence-electron chi connectivity index (χ0n) is 11.0. The van der Waals surface area contributed by atoms with Gasteiger partial charge in [0, 0.05) is 12.2 Å². The smallest absolute Gasteiger partial charge is 0.188 e. The first-order valence-electron chi connectivity index (χ1n) is 6.60. The SMILES string of the molecule is NC(=NO)c1cccc(N2CCCc3ccccc32)n1. The summed E-state index contributed by atoms with van der Waals surface area (Å²) in [6.45, 7) is 0.920. The van der Waals surface area contributed by atoms with E-state index in [1.54, 1.807) is 6.07 Å². The van der Waals surface area contributed by atoms with Crippen LogP contribution in [0, 0.1) is 0 Å². The Balaban J connectivity index is 2.02. The molecule has 0 spiro atoms. The van der Waals surface area contributed by atoms with Crippen LogP contribution in [-0.2, 0) is 6.42 Å². The maximum Gasteiger partial charge on any atom is 0.188 e. The Morgan fingerprint density at radius 2 is 2.05 bits per heavy atom. The maximum atomic E-state index is 8.76. The Morgan fingerprint density at radius 1 is 1.20 bits per heavy atom. The molecule has 2 aromatic rings. The van der Waals surface area contributed by atoms with Crippen LogP contribution < -0.4 is 10.6 Å². The quantitative estimate of drug-likeness (QED) is 0.379. The van der Waals surface area contributed by atoms with Gasteiger partial charge < -0.3 is 15.8 Å². The number of anilines is 2. The lowest BCUT2D eigenvalue weighted by molar-refractivity contribution is 0.318. The van der Waals surface area contributed by atoms with Crippen molar-refractivity contribution in [3.63, 3.8) is 0 Å². The number of para-hydroxylation sites is 1. The summed E-state index contributed by atoms with van der Waals surface area (Å²) in [7, 11) is 0. The lowest BCUT2D eigenvalue weighted by Gasteiger charge is -2.30. The molecule has 1 aromatic heterocycles. The Morgan fingerprint density at radius 3 is 2.90 bits per heavy atom. The second-order valence-electron chi connectivity index (χ2n) is 4.75. The average molecular weight is 268 g/mol. The molecule has 0 fully saturated rings. The van der Waals surface area contributed by atoms with Gasteiger partial charge in [0.2, 0.25) is 0 Å². The van der Waals surface area contributed by atoms with Crippen molar-refractivity contribution in [2.75, 3.05) is 11.4 Å². The van der Waals surface area contributed by atoms with Crippen molar-refractivity contribution >= 4 is 17.3 Å². The van der Waals surface area contributed by atoms with E-state index in [1.165, 1.54) is 11.3 Å². The molecule has 5 nitrogen and oxygen atoms in total. The molecule has 1 aromatic carbocycles. The van der Waals surface area contributed by atoms with Crippen LogP contribution in [0.1, 0.15) is 17.7 Å². The number of rotatable bonds is 2. The first-order chi connectivity index (χ1) is 9.79. The normalized spacial score (nSPS) is 15.0. The number of aryl methyl sites for hydroxylation is 1. The molecule has 20 heavy (non-hydrogen) atoms. The van der Waals surface area contributed by atoms with Gasteiger partial charge in [-0.15, -0.1) is 0 Å². The fourth-order valence-corrected chi connectivity index (χ4v) is 2.54. The fraction of sp³-hybridized carbons (Fsp3) is 0.200. The van der Waals surface area contributed by atoms with E-state index in [0.717, 1.165) is 25.2 Å². The van der Waals surface area contributed by atoms with E-state index in [9.17, 15) is 0 Å². The lowest BCUT2D eigenvalue weighted by atomic mass is 10.0. The zero-order chi connectivity index (χ0) is 13.9. The molecule has 0 atom stereocenters. The molecule has 2 heterocycles. The van der Waals surface area contributed by atoms with Crippen molar-refractivity contribution in [3.05, 3.63) is 53.7 Å². The third kappa shape index (κ3) is 2.18. The number of hydrogen-bond donors (Lipinski definition) is 2. The van der Waals surface area contributed by atoms with E-state index in [1.807, 2.05) is 18.2 Å². The van der Waals surface area contributed by atoms with Crippen LogP contribution in [0.5, 0.6) is 0 Å². The van der Waals surface area contributed by atoms with Crippen LogP contribution in [0.15, 0.2) is 47.6 Å². The van der Waals surface area contributed by atoms with E-state index in [0.29, 0.717) is 5.69 Å². The number of benzene rings is 1. The van der Waals surface area contributed by atoms with E-state index in [2.05, 4.69) is 33.2 Å². The van der Waals surface area contributed by atoms with Gasteiger partial charge in [0.05, 0.1) is 0 Å². The van der Waals surface area contributed by atoms with Crippen LogP contribution >= 0.6 is 0 Å². The molecule has 3 N–H and O–H groups in total. The molecule has 0 aliphatic carbocycles. The van der Waals surface area contributed by atoms with E-state index in [4.69, 9.17) is 10.9 Å². The molecule has 0 saturated heterocycles. The van der Waals surface area contributed by atoms with Crippen LogP contribution in [-0.4, -0.2) is 22.6 Å². The predicted molar refractivity (Wildman–Crippen MR) is 78.5 cm³/mol. The number of pyridine rings is 1. The molecule has 1 aliphatic rings. The zero-order valence-corrected chi connectivity index (χ0v) is 11.0. The second-order valence-corrected chi connectivity index (χ2v) is 4.75. The number of aromatic nitrogens is 1. The van der Waals surface area contributed by atoms with Gasteiger partial charge in [0.1, 0.15) is 11.5 Å². The van der Waals surface area contributed by atoms with Gasteiger partial charge in [-0.2, -0.15) is 0 Å². The average Bonchev–Trinajstić information content (AvgIpc) is 2.53. The Hall–Kier alpha value is -2.56. The number of amidine groups is 1. The first kappa shape index (κ1) is 12.5. The number of nitrogens with zero attached hydrogens (tertiary/aromatic N) is 3. The maximum absolute atomic E-state index is 8.76. The molecule has 0 bridgehead atoms. The molecule has 0 amide bonds.